The van der Waals surface area contributed by atoms with Crippen LogP contribution in [0.1, 0.15) is 33.2 Å². The first kappa shape index (κ1) is 13.7. The summed E-state index contributed by atoms with van der Waals surface area (Å²) >= 11 is 0. The molecule has 2 heterocycles. The van der Waals surface area contributed by atoms with Gasteiger partial charge in [-0.15, -0.1) is 10.2 Å². The summed E-state index contributed by atoms with van der Waals surface area (Å²) in [7, 11) is 0. The summed E-state index contributed by atoms with van der Waals surface area (Å²) < 4.78 is 5.33. The van der Waals surface area contributed by atoms with Gasteiger partial charge in [0, 0.05) is 6.54 Å². The molecule has 1 aliphatic heterocycles. The summed E-state index contributed by atoms with van der Waals surface area (Å²) in [4.78, 5) is 15.1. The Kier molecular flexibility index (Phi) is 3.70. The average molecular weight is 269 g/mol. The first-order valence-electron chi connectivity index (χ1n) is 6.23. The van der Waals surface area contributed by atoms with Crippen molar-refractivity contribution in [3.05, 3.63) is 6.33 Å². The van der Waals surface area contributed by atoms with Crippen LogP contribution >= 0.6 is 0 Å². The summed E-state index contributed by atoms with van der Waals surface area (Å²) in [5, 5.41) is 20.8. The smallest absolute Gasteiger partial charge is 0.410 e. The molecule has 0 spiro atoms. The standard InChI is InChI=1S/C11H19N5O3/c1-11(2,3)19-10(18)15-5-8(4-9(15)6-17)16-13-7-12-14-16/h7-9,17H,4-6H2,1-3H3/t8-,9-/m0/s1. The summed E-state index contributed by atoms with van der Waals surface area (Å²) in [6.07, 6.45) is 1.52. The molecule has 2 rings (SSSR count). The number of hydrogen-bond acceptors (Lipinski definition) is 6. The third-order valence-electron chi connectivity index (χ3n) is 2.92. The second kappa shape index (κ2) is 5.12. The minimum atomic E-state index is -0.555. The third kappa shape index (κ3) is 3.19. The number of nitrogens with zero attached hydrogens (tertiary/aromatic N) is 5. The lowest BCUT2D eigenvalue weighted by Crippen LogP contribution is -2.41. The van der Waals surface area contributed by atoms with Crippen LogP contribution in [0.15, 0.2) is 6.33 Å². The first-order chi connectivity index (χ1) is 8.90. The fraction of sp³-hybridized carbons (Fsp3) is 0.818. The summed E-state index contributed by atoms with van der Waals surface area (Å²) in [6, 6.07) is -0.349. The molecule has 1 fully saturated rings. The highest BCUT2D eigenvalue weighted by Gasteiger charge is 2.38. The predicted octanol–water partition coefficient (Wildman–Crippen LogP) is 0.216. The van der Waals surface area contributed by atoms with E-state index in [0.717, 1.165) is 0 Å². The van der Waals surface area contributed by atoms with Crippen molar-refractivity contribution < 1.29 is 14.6 Å². The van der Waals surface area contributed by atoms with Crippen LogP contribution in [0.4, 0.5) is 4.79 Å². The van der Waals surface area contributed by atoms with Crippen LogP contribution in [-0.2, 0) is 4.74 Å². The Morgan fingerprint density at radius 2 is 2.26 bits per heavy atom. The van der Waals surface area contributed by atoms with Gasteiger partial charge in [-0.05, 0) is 32.4 Å². The molecule has 1 aromatic heterocycles. The Morgan fingerprint density at radius 3 is 2.79 bits per heavy atom. The van der Waals surface area contributed by atoms with E-state index in [4.69, 9.17) is 4.74 Å². The van der Waals surface area contributed by atoms with E-state index in [1.165, 1.54) is 16.0 Å². The van der Waals surface area contributed by atoms with E-state index in [2.05, 4.69) is 15.4 Å². The van der Waals surface area contributed by atoms with Gasteiger partial charge in [-0.2, -0.15) is 4.80 Å². The van der Waals surface area contributed by atoms with Crippen molar-refractivity contribution in [3.8, 4) is 0 Å². The molecule has 1 aromatic rings. The lowest BCUT2D eigenvalue weighted by Gasteiger charge is -2.27. The van der Waals surface area contributed by atoms with Crippen LogP contribution in [0, 0.1) is 0 Å². The van der Waals surface area contributed by atoms with E-state index in [-0.39, 0.29) is 18.7 Å². The predicted molar refractivity (Wildman–Crippen MR) is 65.3 cm³/mol. The van der Waals surface area contributed by atoms with E-state index < -0.39 is 11.7 Å². The van der Waals surface area contributed by atoms with Crippen LogP contribution in [0.5, 0.6) is 0 Å². The Labute approximate surface area is 111 Å². The molecule has 0 unspecified atom stereocenters. The number of aromatic nitrogens is 4. The van der Waals surface area contributed by atoms with Crippen LogP contribution in [0.25, 0.3) is 0 Å². The van der Waals surface area contributed by atoms with Gasteiger partial charge in [-0.3, -0.25) is 0 Å². The maximum absolute atomic E-state index is 12.1. The van der Waals surface area contributed by atoms with Gasteiger partial charge in [0.25, 0.3) is 0 Å². The molecular formula is C11H19N5O3. The molecule has 1 aliphatic rings. The highest BCUT2D eigenvalue weighted by molar-refractivity contribution is 5.69. The van der Waals surface area contributed by atoms with Crippen LogP contribution in [0.2, 0.25) is 0 Å². The monoisotopic (exact) mass is 269 g/mol. The molecule has 0 radical (unpaired) electrons. The topological polar surface area (TPSA) is 93.4 Å². The van der Waals surface area contributed by atoms with E-state index >= 15 is 0 Å². The number of carbonyl (C=O) groups excluding carboxylic acids is 1. The molecule has 0 bridgehead atoms. The summed E-state index contributed by atoms with van der Waals surface area (Å²) in [5.41, 5.74) is -0.555. The van der Waals surface area contributed by atoms with E-state index in [1.54, 1.807) is 0 Å². The lowest BCUT2D eigenvalue weighted by molar-refractivity contribution is 0.0172. The molecule has 0 saturated carbocycles. The Morgan fingerprint density at radius 1 is 1.53 bits per heavy atom. The lowest BCUT2D eigenvalue weighted by atomic mass is 10.2. The molecule has 19 heavy (non-hydrogen) atoms. The number of carbonyl (C=O) groups is 1. The van der Waals surface area contributed by atoms with Gasteiger partial charge in [0.2, 0.25) is 0 Å². The SMILES string of the molecule is CC(C)(C)OC(=O)N1C[C@@H](n2ncnn2)C[C@H]1CO. The normalized spacial score (nSPS) is 23.7. The second-order valence-corrected chi connectivity index (χ2v) is 5.61. The van der Waals surface area contributed by atoms with Gasteiger partial charge < -0.3 is 14.7 Å². The maximum atomic E-state index is 12.1. The maximum Gasteiger partial charge on any atom is 0.410 e. The second-order valence-electron chi connectivity index (χ2n) is 5.61. The zero-order valence-corrected chi connectivity index (χ0v) is 11.4. The zero-order valence-electron chi connectivity index (χ0n) is 11.4. The third-order valence-corrected chi connectivity index (χ3v) is 2.92. The number of tetrazole rings is 1. The van der Waals surface area contributed by atoms with Crippen molar-refractivity contribution in [2.45, 2.75) is 44.9 Å². The molecule has 8 nitrogen and oxygen atoms in total. The molecular weight excluding hydrogens is 250 g/mol. The molecule has 0 aromatic carbocycles. The number of aliphatic hydroxyl groups is 1. The highest BCUT2D eigenvalue weighted by Crippen LogP contribution is 2.27. The minimum Gasteiger partial charge on any atom is -0.444 e. The number of hydrogen-bond donors (Lipinski definition) is 1. The zero-order chi connectivity index (χ0) is 14.0. The fourth-order valence-electron chi connectivity index (χ4n) is 2.12. The van der Waals surface area contributed by atoms with Gasteiger partial charge in [-0.25, -0.2) is 4.79 Å². The van der Waals surface area contributed by atoms with Gasteiger partial charge in [-0.1, -0.05) is 0 Å². The van der Waals surface area contributed by atoms with Crippen molar-refractivity contribution in [3.63, 3.8) is 0 Å². The molecule has 2 atom stereocenters. The number of likely N-dealkylation sites (tertiary alicyclic amines) is 1. The van der Waals surface area contributed by atoms with Gasteiger partial charge >= 0.3 is 6.09 Å². The number of rotatable bonds is 2. The van der Waals surface area contributed by atoms with E-state index in [9.17, 15) is 9.90 Å². The number of amides is 1. The van der Waals surface area contributed by atoms with Crippen molar-refractivity contribution in [1.82, 2.24) is 25.1 Å². The summed E-state index contributed by atoms with van der Waals surface area (Å²) in [5.74, 6) is 0. The molecule has 106 valence electrons. The Balaban J connectivity index is 2.06. The van der Waals surface area contributed by atoms with E-state index in [1.807, 2.05) is 20.8 Å². The molecule has 8 heteroatoms. The number of ether oxygens (including phenoxy) is 1. The van der Waals surface area contributed by atoms with Crippen molar-refractivity contribution in [2.24, 2.45) is 0 Å². The molecule has 1 saturated heterocycles. The van der Waals surface area contributed by atoms with Gasteiger partial charge in [0.05, 0.1) is 18.7 Å². The first-order valence-corrected chi connectivity index (χ1v) is 6.23. The van der Waals surface area contributed by atoms with Crippen LogP contribution < -0.4 is 0 Å². The largest absolute Gasteiger partial charge is 0.444 e. The van der Waals surface area contributed by atoms with Crippen LogP contribution in [-0.4, -0.2) is 61.1 Å². The Hall–Kier alpha value is -1.70. The number of aliphatic hydroxyl groups excluding tert-OH is 1. The average Bonchev–Trinajstić information content (AvgIpc) is 2.95. The molecule has 1 N–H and O–H groups in total. The highest BCUT2D eigenvalue weighted by atomic mass is 16.6. The fourth-order valence-corrected chi connectivity index (χ4v) is 2.12. The van der Waals surface area contributed by atoms with Gasteiger partial charge in [0.1, 0.15) is 5.60 Å². The Bertz CT molecular complexity index is 428. The molecule has 0 aliphatic carbocycles. The summed E-state index contributed by atoms with van der Waals surface area (Å²) in [6.45, 7) is 5.74. The van der Waals surface area contributed by atoms with Crippen LogP contribution in [0.3, 0.4) is 0 Å². The van der Waals surface area contributed by atoms with Crippen molar-refractivity contribution in [1.29, 1.82) is 0 Å². The quantitative estimate of drug-likeness (QED) is 0.825. The van der Waals surface area contributed by atoms with E-state index in [0.29, 0.717) is 13.0 Å². The van der Waals surface area contributed by atoms with Crippen molar-refractivity contribution in [2.75, 3.05) is 13.2 Å². The van der Waals surface area contributed by atoms with Crippen molar-refractivity contribution >= 4 is 6.09 Å². The van der Waals surface area contributed by atoms with Gasteiger partial charge in [0.15, 0.2) is 6.33 Å². The minimum absolute atomic E-state index is 0.0767. The molecule has 1 amide bonds.